The number of ether oxygens (including phenoxy) is 2. The topological polar surface area (TPSA) is 59.6 Å². The molecule has 0 spiro atoms. The van der Waals surface area contributed by atoms with E-state index in [4.69, 9.17) is 9.47 Å². The molecule has 1 rings (SSSR count). The Bertz CT molecular complexity index is 315. The summed E-state index contributed by atoms with van der Waals surface area (Å²) in [5.74, 6) is 0. The van der Waals surface area contributed by atoms with E-state index in [1.165, 1.54) is 0 Å². The first-order chi connectivity index (χ1) is 9.81. The third kappa shape index (κ3) is 7.67. The van der Waals surface area contributed by atoms with Crippen LogP contribution in [0, 0.1) is 0 Å². The number of hydrogen-bond acceptors (Lipinski definition) is 4. The molecule has 1 fully saturated rings. The molecule has 1 aliphatic rings. The second kappa shape index (κ2) is 8.59. The smallest absolute Gasteiger partial charge is 0.407 e. The van der Waals surface area contributed by atoms with Gasteiger partial charge in [-0.3, -0.25) is 0 Å². The van der Waals surface area contributed by atoms with Crippen LogP contribution < -0.4 is 10.6 Å². The van der Waals surface area contributed by atoms with Gasteiger partial charge in [0.05, 0.1) is 6.10 Å². The summed E-state index contributed by atoms with van der Waals surface area (Å²) in [7, 11) is 0. The van der Waals surface area contributed by atoms with Crippen molar-refractivity contribution in [3.05, 3.63) is 0 Å². The zero-order chi connectivity index (χ0) is 15.9. The Morgan fingerprint density at radius 3 is 2.67 bits per heavy atom. The lowest BCUT2D eigenvalue weighted by atomic mass is 10.1. The first kappa shape index (κ1) is 18.2. The molecule has 2 N–H and O–H groups in total. The monoisotopic (exact) mass is 300 g/mol. The third-order valence-electron chi connectivity index (χ3n) is 3.62. The predicted octanol–water partition coefficient (Wildman–Crippen LogP) is 2.84. The summed E-state index contributed by atoms with van der Waals surface area (Å²) in [6.45, 7) is 11.3. The summed E-state index contributed by atoms with van der Waals surface area (Å²) in [4.78, 5) is 11.8. The molecule has 0 bridgehead atoms. The normalized spacial score (nSPS) is 23.9. The Balaban J connectivity index is 2.40. The Labute approximate surface area is 129 Å². The van der Waals surface area contributed by atoms with E-state index in [0.717, 1.165) is 32.3 Å². The standard InChI is InChI=1S/C16H32N2O3/c1-6-7-8-13(18-14-9-10-20-12(14)2)11-17-15(19)21-16(3,4)5/h12-14,18H,6-11H2,1-5H3,(H,17,19). The van der Waals surface area contributed by atoms with Gasteiger partial charge in [-0.2, -0.15) is 0 Å². The average Bonchev–Trinajstić information content (AvgIpc) is 2.76. The van der Waals surface area contributed by atoms with Crippen molar-refractivity contribution in [2.24, 2.45) is 0 Å². The van der Waals surface area contributed by atoms with Crippen LogP contribution in [0.25, 0.3) is 0 Å². The molecule has 1 heterocycles. The van der Waals surface area contributed by atoms with Gasteiger partial charge in [0.2, 0.25) is 0 Å². The molecule has 124 valence electrons. The quantitative estimate of drug-likeness (QED) is 0.759. The fourth-order valence-corrected chi connectivity index (χ4v) is 2.47. The summed E-state index contributed by atoms with van der Waals surface area (Å²) in [6, 6.07) is 0.652. The number of carbonyl (C=O) groups excluding carboxylic acids is 1. The van der Waals surface area contributed by atoms with Crippen molar-refractivity contribution in [1.82, 2.24) is 10.6 Å². The second-order valence-corrected chi connectivity index (χ2v) is 6.86. The number of nitrogens with one attached hydrogen (secondary N) is 2. The van der Waals surface area contributed by atoms with Gasteiger partial charge in [-0.1, -0.05) is 19.8 Å². The largest absolute Gasteiger partial charge is 0.444 e. The van der Waals surface area contributed by atoms with Gasteiger partial charge in [0.1, 0.15) is 5.60 Å². The molecular weight excluding hydrogens is 268 g/mol. The van der Waals surface area contributed by atoms with Crippen LogP contribution in [0.15, 0.2) is 0 Å². The zero-order valence-corrected chi connectivity index (χ0v) is 14.2. The average molecular weight is 300 g/mol. The van der Waals surface area contributed by atoms with Crippen molar-refractivity contribution in [2.45, 2.75) is 84.1 Å². The molecule has 0 aromatic rings. The molecule has 5 nitrogen and oxygen atoms in total. The zero-order valence-electron chi connectivity index (χ0n) is 14.2. The lowest BCUT2D eigenvalue weighted by Gasteiger charge is -2.26. The molecule has 0 aromatic heterocycles. The van der Waals surface area contributed by atoms with E-state index in [1.807, 2.05) is 20.8 Å². The van der Waals surface area contributed by atoms with Crippen LogP contribution in [-0.2, 0) is 9.47 Å². The van der Waals surface area contributed by atoms with Gasteiger partial charge >= 0.3 is 6.09 Å². The molecule has 1 saturated heterocycles. The minimum absolute atomic E-state index is 0.246. The molecule has 0 aliphatic carbocycles. The molecule has 3 unspecified atom stereocenters. The van der Waals surface area contributed by atoms with Gasteiger partial charge in [-0.05, 0) is 40.5 Å². The van der Waals surface area contributed by atoms with Gasteiger partial charge in [0.25, 0.3) is 0 Å². The predicted molar refractivity (Wildman–Crippen MR) is 84.5 cm³/mol. The highest BCUT2D eigenvalue weighted by Crippen LogP contribution is 2.14. The number of rotatable bonds is 7. The summed E-state index contributed by atoms with van der Waals surface area (Å²) < 4.78 is 10.9. The van der Waals surface area contributed by atoms with E-state index in [-0.39, 0.29) is 18.2 Å². The summed E-state index contributed by atoms with van der Waals surface area (Å²) in [5, 5.41) is 6.50. The third-order valence-corrected chi connectivity index (χ3v) is 3.62. The number of amides is 1. The maximum atomic E-state index is 11.8. The van der Waals surface area contributed by atoms with Gasteiger partial charge in [-0.25, -0.2) is 4.79 Å². The van der Waals surface area contributed by atoms with Crippen molar-refractivity contribution >= 4 is 6.09 Å². The van der Waals surface area contributed by atoms with Gasteiger partial charge in [0.15, 0.2) is 0 Å². The van der Waals surface area contributed by atoms with Crippen molar-refractivity contribution in [2.75, 3.05) is 13.2 Å². The lowest BCUT2D eigenvalue weighted by Crippen LogP contribution is -2.48. The van der Waals surface area contributed by atoms with Crippen molar-refractivity contribution in [3.8, 4) is 0 Å². The summed E-state index contributed by atoms with van der Waals surface area (Å²) in [6.07, 6.45) is 4.29. The van der Waals surface area contributed by atoms with E-state index in [2.05, 4.69) is 24.5 Å². The second-order valence-electron chi connectivity index (χ2n) is 6.86. The van der Waals surface area contributed by atoms with Gasteiger partial charge in [-0.15, -0.1) is 0 Å². The number of unbranched alkanes of at least 4 members (excludes halogenated alkanes) is 1. The highest BCUT2D eigenvalue weighted by Gasteiger charge is 2.26. The fraction of sp³-hybridized carbons (Fsp3) is 0.938. The van der Waals surface area contributed by atoms with Crippen LogP contribution in [0.5, 0.6) is 0 Å². The molecule has 1 amide bonds. The first-order valence-electron chi connectivity index (χ1n) is 8.16. The van der Waals surface area contributed by atoms with Crippen LogP contribution in [0.3, 0.4) is 0 Å². The van der Waals surface area contributed by atoms with E-state index >= 15 is 0 Å². The Hall–Kier alpha value is -0.810. The number of hydrogen-bond donors (Lipinski definition) is 2. The number of carbonyl (C=O) groups is 1. The van der Waals surface area contributed by atoms with E-state index in [1.54, 1.807) is 0 Å². The van der Waals surface area contributed by atoms with Crippen molar-refractivity contribution < 1.29 is 14.3 Å². The highest BCUT2D eigenvalue weighted by molar-refractivity contribution is 5.67. The lowest BCUT2D eigenvalue weighted by molar-refractivity contribution is 0.0519. The molecule has 21 heavy (non-hydrogen) atoms. The van der Waals surface area contributed by atoms with Crippen LogP contribution >= 0.6 is 0 Å². The van der Waals surface area contributed by atoms with Crippen LogP contribution in [0.1, 0.15) is 60.3 Å². The Kier molecular flexibility index (Phi) is 7.46. The van der Waals surface area contributed by atoms with Crippen LogP contribution in [-0.4, -0.2) is 43.0 Å². The highest BCUT2D eigenvalue weighted by atomic mass is 16.6. The Morgan fingerprint density at radius 1 is 1.43 bits per heavy atom. The van der Waals surface area contributed by atoms with E-state index in [0.29, 0.717) is 12.6 Å². The summed E-state index contributed by atoms with van der Waals surface area (Å²) >= 11 is 0. The van der Waals surface area contributed by atoms with E-state index in [9.17, 15) is 4.79 Å². The summed E-state index contributed by atoms with van der Waals surface area (Å²) in [5.41, 5.74) is -0.454. The van der Waals surface area contributed by atoms with E-state index < -0.39 is 5.60 Å². The molecule has 1 aliphatic heterocycles. The molecule has 0 saturated carbocycles. The molecule has 3 atom stereocenters. The van der Waals surface area contributed by atoms with Gasteiger partial charge < -0.3 is 20.1 Å². The minimum atomic E-state index is -0.454. The van der Waals surface area contributed by atoms with Crippen molar-refractivity contribution in [1.29, 1.82) is 0 Å². The SMILES string of the molecule is CCCCC(CNC(=O)OC(C)(C)C)NC1CCOC1C. The van der Waals surface area contributed by atoms with Gasteiger partial charge in [0, 0.05) is 25.2 Å². The fourth-order valence-electron chi connectivity index (χ4n) is 2.47. The van der Waals surface area contributed by atoms with Crippen LogP contribution in [0.4, 0.5) is 4.79 Å². The molecular formula is C16H32N2O3. The Morgan fingerprint density at radius 2 is 2.14 bits per heavy atom. The maximum Gasteiger partial charge on any atom is 0.407 e. The number of alkyl carbamates (subject to hydrolysis) is 1. The molecule has 0 radical (unpaired) electrons. The first-order valence-corrected chi connectivity index (χ1v) is 8.16. The van der Waals surface area contributed by atoms with Crippen molar-refractivity contribution in [3.63, 3.8) is 0 Å². The molecule has 5 heteroatoms. The maximum absolute atomic E-state index is 11.8. The minimum Gasteiger partial charge on any atom is -0.444 e. The molecule has 0 aromatic carbocycles. The van der Waals surface area contributed by atoms with Crippen LogP contribution in [0.2, 0.25) is 0 Å².